The van der Waals surface area contributed by atoms with Crippen LogP contribution in [-0.4, -0.2) is 39.1 Å². The molecule has 1 unspecified atom stereocenters. The number of likely N-dealkylation sites (tertiary alicyclic amines) is 1. The number of aromatic nitrogens is 2. The van der Waals surface area contributed by atoms with E-state index in [2.05, 4.69) is 20.4 Å². The van der Waals surface area contributed by atoms with Crippen LogP contribution in [0.15, 0.2) is 22.7 Å². The van der Waals surface area contributed by atoms with Crippen LogP contribution < -0.4 is 5.32 Å². The van der Waals surface area contributed by atoms with Crippen LogP contribution in [0.4, 0.5) is 24.5 Å². The normalized spacial score (nSPS) is 18.2. The maximum atomic E-state index is 13.1. The van der Waals surface area contributed by atoms with Crippen molar-refractivity contribution in [3.05, 3.63) is 45.6 Å². The zero-order chi connectivity index (χ0) is 20.3. The van der Waals surface area contributed by atoms with E-state index in [4.69, 9.17) is 4.52 Å². The van der Waals surface area contributed by atoms with Crippen molar-refractivity contribution in [3.8, 4) is 0 Å². The summed E-state index contributed by atoms with van der Waals surface area (Å²) in [6, 6.07) is 2.90. The Bertz CT molecular complexity index is 840. The molecule has 1 saturated heterocycles. The number of benzene rings is 1. The zero-order valence-electron chi connectivity index (χ0n) is 15.2. The Kier molecular flexibility index (Phi) is 5.82. The number of piperidine rings is 1. The fraction of sp³-hybridized carbons (Fsp3) is 0.529. The van der Waals surface area contributed by atoms with E-state index in [9.17, 15) is 23.3 Å². The summed E-state index contributed by atoms with van der Waals surface area (Å²) in [5, 5.41) is 17.8. The van der Waals surface area contributed by atoms with Gasteiger partial charge in [-0.3, -0.25) is 15.0 Å². The summed E-state index contributed by atoms with van der Waals surface area (Å²) in [6.07, 6.45) is -2.51. The summed E-state index contributed by atoms with van der Waals surface area (Å²) < 4.78 is 44.5. The highest BCUT2D eigenvalue weighted by atomic mass is 19.4. The van der Waals surface area contributed by atoms with Gasteiger partial charge in [-0.05, 0) is 31.5 Å². The lowest BCUT2D eigenvalue weighted by Crippen LogP contribution is -2.41. The molecule has 1 aromatic carbocycles. The van der Waals surface area contributed by atoms with Gasteiger partial charge in [-0.1, -0.05) is 12.1 Å². The predicted octanol–water partition coefficient (Wildman–Crippen LogP) is 3.64. The van der Waals surface area contributed by atoms with E-state index in [0.29, 0.717) is 31.2 Å². The second kappa shape index (κ2) is 8.13. The van der Waals surface area contributed by atoms with E-state index >= 15 is 0 Å². The van der Waals surface area contributed by atoms with Gasteiger partial charge in [-0.15, -0.1) is 0 Å². The topological polar surface area (TPSA) is 97.3 Å². The van der Waals surface area contributed by atoms with Crippen LogP contribution in [0, 0.1) is 10.1 Å². The quantitative estimate of drug-likeness (QED) is 0.585. The largest absolute Gasteiger partial charge is 0.423 e. The SMILES string of the molecule is CCc1nc(CN2CCCC(Nc3ccc([N+](=O)[O-])c(C(F)(F)F)c3)C2)no1. The highest BCUT2D eigenvalue weighted by Crippen LogP contribution is 2.37. The second-order valence-electron chi connectivity index (χ2n) is 6.66. The molecule has 28 heavy (non-hydrogen) atoms. The lowest BCUT2D eigenvalue weighted by Gasteiger charge is -2.33. The molecule has 2 heterocycles. The van der Waals surface area contributed by atoms with Gasteiger partial charge in [0.25, 0.3) is 5.69 Å². The molecule has 1 aliphatic rings. The number of halogens is 3. The molecule has 11 heteroatoms. The molecule has 1 fully saturated rings. The van der Waals surface area contributed by atoms with E-state index in [1.54, 1.807) is 0 Å². The van der Waals surface area contributed by atoms with Crippen LogP contribution in [-0.2, 0) is 19.1 Å². The van der Waals surface area contributed by atoms with Crippen LogP contribution in [0.2, 0.25) is 0 Å². The van der Waals surface area contributed by atoms with Crippen molar-refractivity contribution < 1.29 is 22.6 Å². The van der Waals surface area contributed by atoms with Gasteiger partial charge in [-0.25, -0.2) is 0 Å². The van der Waals surface area contributed by atoms with E-state index in [-0.39, 0.29) is 11.7 Å². The monoisotopic (exact) mass is 399 g/mol. The summed E-state index contributed by atoms with van der Waals surface area (Å²) in [6.45, 7) is 3.82. The Labute approximate surface area is 158 Å². The lowest BCUT2D eigenvalue weighted by atomic mass is 10.0. The first kappa shape index (κ1) is 20.1. The molecule has 152 valence electrons. The number of nitrogens with zero attached hydrogens (tertiary/aromatic N) is 4. The minimum Gasteiger partial charge on any atom is -0.381 e. The Morgan fingerprint density at radius 1 is 1.43 bits per heavy atom. The molecule has 1 N–H and O–H groups in total. The first-order valence-electron chi connectivity index (χ1n) is 8.92. The molecule has 0 amide bonds. The van der Waals surface area contributed by atoms with Crippen molar-refractivity contribution in [2.45, 2.75) is 44.9 Å². The molecule has 0 saturated carbocycles. The van der Waals surface area contributed by atoms with E-state index in [1.165, 1.54) is 6.07 Å². The zero-order valence-corrected chi connectivity index (χ0v) is 15.2. The van der Waals surface area contributed by atoms with Gasteiger partial charge in [0, 0.05) is 30.8 Å². The Morgan fingerprint density at radius 2 is 2.21 bits per heavy atom. The average molecular weight is 399 g/mol. The van der Waals surface area contributed by atoms with Gasteiger partial charge in [0.15, 0.2) is 5.82 Å². The van der Waals surface area contributed by atoms with Crippen molar-refractivity contribution in [3.63, 3.8) is 0 Å². The molecular formula is C17H20F3N5O3. The summed E-state index contributed by atoms with van der Waals surface area (Å²) in [4.78, 5) is 16.2. The minimum atomic E-state index is -4.80. The maximum Gasteiger partial charge on any atom is 0.423 e. The molecule has 0 spiro atoms. The van der Waals surface area contributed by atoms with Gasteiger partial charge >= 0.3 is 6.18 Å². The Morgan fingerprint density at radius 3 is 2.86 bits per heavy atom. The average Bonchev–Trinajstić information content (AvgIpc) is 3.08. The van der Waals surface area contributed by atoms with Gasteiger partial charge in [0.1, 0.15) is 5.56 Å². The van der Waals surface area contributed by atoms with Crippen LogP contribution in [0.25, 0.3) is 0 Å². The molecule has 1 atom stereocenters. The van der Waals surface area contributed by atoms with Gasteiger partial charge < -0.3 is 9.84 Å². The van der Waals surface area contributed by atoms with Crippen molar-refractivity contribution in [1.29, 1.82) is 0 Å². The number of alkyl halides is 3. The van der Waals surface area contributed by atoms with Gasteiger partial charge in [-0.2, -0.15) is 18.2 Å². The summed E-state index contributed by atoms with van der Waals surface area (Å²) in [7, 11) is 0. The standard InChI is InChI=1S/C17H20F3N5O3/c1-2-16-22-15(23-28-16)10-24-7-3-4-12(9-24)21-11-5-6-14(25(26)27)13(8-11)17(18,19)20/h5-6,8,12,21H,2-4,7,9-10H2,1H3. The van der Waals surface area contributed by atoms with Crippen molar-refractivity contribution in [2.24, 2.45) is 0 Å². The number of nitrogens with one attached hydrogen (secondary N) is 1. The van der Waals surface area contributed by atoms with Crippen molar-refractivity contribution >= 4 is 11.4 Å². The van der Waals surface area contributed by atoms with Crippen molar-refractivity contribution in [1.82, 2.24) is 15.0 Å². The van der Waals surface area contributed by atoms with Crippen LogP contribution in [0.1, 0.15) is 37.0 Å². The maximum absolute atomic E-state index is 13.1. The lowest BCUT2D eigenvalue weighted by molar-refractivity contribution is -0.388. The highest BCUT2D eigenvalue weighted by molar-refractivity contribution is 5.55. The molecular weight excluding hydrogens is 379 g/mol. The van der Waals surface area contributed by atoms with Crippen LogP contribution in [0.5, 0.6) is 0 Å². The number of hydrogen-bond acceptors (Lipinski definition) is 7. The van der Waals surface area contributed by atoms with E-state index < -0.39 is 22.4 Å². The van der Waals surface area contributed by atoms with E-state index in [0.717, 1.165) is 31.5 Å². The summed E-state index contributed by atoms with van der Waals surface area (Å²) in [5.74, 6) is 1.14. The molecule has 1 aliphatic heterocycles. The fourth-order valence-corrected chi connectivity index (χ4v) is 3.26. The number of aryl methyl sites for hydroxylation is 1. The second-order valence-corrected chi connectivity index (χ2v) is 6.66. The fourth-order valence-electron chi connectivity index (χ4n) is 3.26. The van der Waals surface area contributed by atoms with E-state index in [1.807, 2.05) is 6.92 Å². The van der Waals surface area contributed by atoms with Crippen LogP contribution >= 0.6 is 0 Å². The molecule has 8 nitrogen and oxygen atoms in total. The smallest absolute Gasteiger partial charge is 0.381 e. The third-order valence-electron chi connectivity index (χ3n) is 4.55. The summed E-state index contributed by atoms with van der Waals surface area (Å²) in [5.41, 5.74) is -2.00. The third kappa shape index (κ3) is 4.77. The summed E-state index contributed by atoms with van der Waals surface area (Å²) >= 11 is 0. The Balaban J connectivity index is 1.68. The molecule has 0 radical (unpaired) electrons. The molecule has 0 aliphatic carbocycles. The van der Waals surface area contributed by atoms with Crippen LogP contribution in [0.3, 0.4) is 0 Å². The third-order valence-corrected chi connectivity index (χ3v) is 4.55. The predicted molar refractivity (Wildman–Crippen MR) is 93.7 cm³/mol. The first-order valence-corrected chi connectivity index (χ1v) is 8.92. The van der Waals surface area contributed by atoms with Gasteiger partial charge in [0.2, 0.25) is 5.89 Å². The minimum absolute atomic E-state index is 0.0890. The molecule has 2 aromatic rings. The van der Waals surface area contributed by atoms with Crippen molar-refractivity contribution in [2.75, 3.05) is 18.4 Å². The highest BCUT2D eigenvalue weighted by Gasteiger charge is 2.38. The Hall–Kier alpha value is -2.69. The number of nitro benzene ring substituents is 1. The number of nitro groups is 1. The molecule has 0 bridgehead atoms. The number of anilines is 1. The molecule has 1 aromatic heterocycles. The number of hydrogen-bond donors (Lipinski definition) is 1. The molecule has 3 rings (SSSR count). The number of rotatable bonds is 6. The first-order chi connectivity index (χ1) is 13.3. The van der Waals surface area contributed by atoms with Gasteiger partial charge in [0.05, 0.1) is 11.5 Å².